The van der Waals surface area contributed by atoms with Crippen LogP contribution in [0.25, 0.3) is 21.3 Å². The first kappa shape index (κ1) is 21.1. The summed E-state index contributed by atoms with van der Waals surface area (Å²) in [7, 11) is 3.13. The predicted molar refractivity (Wildman–Crippen MR) is 118 cm³/mol. The van der Waals surface area contributed by atoms with E-state index in [2.05, 4.69) is 15.3 Å². The fourth-order valence-electron chi connectivity index (χ4n) is 2.85. The number of aromatic nitrogens is 2. The lowest BCUT2D eigenvalue weighted by atomic mass is 10.1. The van der Waals surface area contributed by atoms with Gasteiger partial charge >= 0.3 is 0 Å². The van der Waals surface area contributed by atoms with Gasteiger partial charge in [-0.3, -0.25) is 14.4 Å². The van der Waals surface area contributed by atoms with Crippen molar-refractivity contribution >= 4 is 45.1 Å². The van der Waals surface area contributed by atoms with Crippen LogP contribution < -0.4 is 10.9 Å². The second-order valence-electron chi connectivity index (χ2n) is 6.53. The van der Waals surface area contributed by atoms with Gasteiger partial charge in [-0.2, -0.15) is 0 Å². The highest BCUT2D eigenvalue weighted by molar-refractivity contribution is 7.99. The number of nitrogens with one attached hydrogen (secondary N) is 2. The summed E-state index contributed by atoms with van der Waals surface area (Å²) in [6.45, 7) is 1.79. The Bertz CT molecular complexity index is 1080. The maximum Gasteiger partial charge on any atom is 0.260 e. The second kappa shape index (κ2) is 9.23. The molecule has 152 valence electrons. The van der Waals surface area contributed by atoms with Gasteiger partial charge < -0.3 is 15.2 Å². The number of amides is 2. The van der Waals surface area contributed by atoms with E-state index in [-0.39, 0.29) is 29.2 Å². The standard InChI is InChI=1S/C20H22N4O3S2/c1-12(20(27)24(3)9-16(25)21-2)28-11-15-22-18(26)17-14(10-29-19(17)23-15)13-7-5-4-6-8-13/h4-8,10,12H,9,11H2,1-3H3,(H,21,25)(H,22,23,26). The minimum absolute atomic E-state index is 0.0126. The number of carbonyl (C=O) groups is 2. The van der Waals surface area contributed by atoms with Crippen LogP contribution in [0.2, 0.25) is 0 Å². The van der Waals surface area contributed by atoms with Gasteiger partial charge in [0.1, 0.15) is 10.7 Å². The van der Waals surface area contributed by atoms with Crippen LogP contribution in [0, 0.1) is 0 Å². The van der Waals surface area contributed by atoms with Crippen LogP contribution in [0.5, 0.6) is 0 Å². The van der Waals surface area contributed by atoms with Crippen LogP contribution in [-0.2, 0) is 15.3 Å². The van der Waals surface area contributed by atoms with Crippen LogP contribution >= 0.6 is 23.1 Å². The molecular formula is C20H22N4O3S2. The Morgan fingerprint density at radius 3 is 2.72 bits per heavy atom. The Balaban J connectivity index is 1.72. The van der Waals surface area contributed by atoms with Crippen molar-refractivity contribution in [3.63, 3.8) is 0 Å². The molecule has 3 aromatic rings. The quantitative estimate of drug-likeness (QED) is 0.600. The van der Waals surface area contributed by atoms with Crippen molar-refractivity contribution in [2.75, 3.05) is 20.6 Å². The van der Waals surface area contributed by atoms with Gasteiger partial charge in [0.25, 0.3) is 5.56 Å². The van der Waals surface area contributed by atoms with Crippen molar-refractivity contribution in [1.82, 2.24) is 20.2 Å². The van der Waals surface area contributed by atoms with E-state index in [1.165, 1.54) is 35.0 Å². The smallest absolute Gasteiger partial charge is 0.260 e. The Morgan fingerprint density at radius 2 is 2.03 bits per heavy atom. The van der Waals surface area contributed by atoms with Crippen molar-refractivity contribution in [1.29, 1.82) is 0 Å². The number of hydrogen-bond donors (Lipinski definition) is 2. The summed E-state index contributed by atoms with van der Waals surface area (Å²) in [4.78, 5) is 46.0. The molecule has 2 aromatic heterocycles. The molecule has 0 bridgehead atoms. The molecule has 0 fully saturated rings. The molecular weight excluding hydrogens is 408 g/mol. The zero-order chi connectivity index (χ0) is 21.0. The van der Waals surface area contributed by atoms with E-state index in [4.69, 9.17) is 0 Å². The van der Waals surface area contributed by atoms with Crippen LogP contribution in [0.1, 0.15) is 12.7 Å². The monoisotopic (exact) mass is 430 g/mol. The molecule has 2 amide bonds. The number of carbonyl (C=O) groups excluding carboxylic acids is 2. The number of benzene rings is 1. The molecule has 0 radical (unpaired) electrons. The molecule has 1 aromatic carbocycles. The zero-order valence-corrected chi connectivity index (χ0v) is 18.0. The van der Waals surface area contributed by atoms with E-state index in [1.54, 1.807) is 14.0 Å². The SMILES string of the molecule is CNC(=O)CN(C)C(=O)C(C)SCc1nc2scc(-c3ccccc3)c2c(=O)[nH]1. The third kappa shape index (κ3) is 4.86. The molecule has 0 spiro atoms. The summed E-state index contributed by atoms with van der Waals surface area (Å²) in [6.07, 6.45) is 0. The van der Waals surface area contributed by atoms with Crippen molar-refractivity contribution in [2.45, 2.75) is 17.9 Å². The number of thiophene rings is 1. The number of fused-ring (bicyclic) bond motifs is 1. The van der Waals surface area contributed by atoms with Crippen LogP contribution in [-0.4, -0.2) is 52.6 Å². The number of rotatable bonds is 7. The molecule has 7 nitrogen and oxygen atoms in total. The molecule has 2 heterocycles. The van der Waals surface area contributed by atoms with E-state index >= 15 is 0 Å². The molecule has 29 heavy (non-hydrogen) atoms. The first-order valence-electron chi connectivity index (χ1n) is 9.03. The number of nitrogens with zero attached hydrogens (tertiary/aromatic N) is 2. The number of likely N-dealkylation sites (N-methyl/N-ethyl adjacent to an activating group) is 2. The highest BCUT2D eigenvalue weighted by atomic mass is 32.2. The highest BCUT2D eigenvalue weighted by Gasteiger charge is 2.20. The van der Waals surface area contributed by atoms with Gasteiger partial charge in [-0.25, -0.2) is 4.98 Å². The fraction of sp³-hybridized carbons (Fsp3) is 0.300. The predicted octanol–water partition coefficient (Wildman–Crippen LogP) is 2.48. The summed E-state index contributed by atoms with van der Waals surface area (Å²) in [5.41, 5.74) is 1.67. The maximum absolute atomic E-state index is 12.7. The largest absolute Gasteiger partial charge is 0.358 e. The first-order valence-corrected chi connectivity index (χ1v) is 11.0. The lowest BCUT2D eigenvalue weighted by Crippen LogP contribution is -2.40. The number of aromatic amines is 1. The first-order chi connectivity index (χ1) is 13.9. The maximum atomic E-state index is 12.7. The summed E-state index contributed by atoms with van der Waals surface area (Å²) in [5.74, 6) is 0.554. The molecule has 1 atom stereocenters. The van der Waals surface area contributed by atoms with Gasteiger partial charge in [0, 0.05) is 25.0 Å². The van der Waals surface area contributed by atoms with Gasteiger partial charge in [0.2, 0.25) is 11.8 Å². The molecule has 1 unspecified atom stereocenters. The van der Waals surface area contributed by atoms with Crippen LogP contribution in [0.15, 0.2) is 40.5 Å². The van der Waals surface area contributed by atoms with Crippen molar-refractivity contribution in [3.8, 4) is 11.1 Å². The average Bonchev–Trinajstić information content (AvgIpc) is 3.16. The van der Waals surface area contributed by atoms with E-state index in [9.17, 15) is 14.4 Å². The lowest BCUT2D eigenvalue weighted by Gasteiger charge is -2.20. The van der Waals surface area contributed by atoms with Crippen molar-refractivity contribution < 1.29 is 9.59 Å². The Hall–Kier alpha value is -2.65. The van der Waals surface area contributed by atoms with Crippen molar-refractivity contribution in [3.05, 3.63) is 51.9 Å². The molecule has 0 aliphatic carbocycles. The minimum atomic E-state index is -0.367. The number of thioether (sulfide) groups is 1. The van der Waals surface area contributed by atoms with E-state index < -0.39 is 0 Å². The number of H-pyrrole nitrogens is 1. The van der Waals surface area contributed by atoms with E-state index in [0.29, 0.717) is 21.8 Å². The van der Waals surface area contributed by atoms with Gasteiger partial charge in [-0.05, 0) is 12.5 Å². The van der Waals surface area contributed by atoms with Gasteiger partial charge in [-0.15, -0.1) is 23.1 Å². The molecule has 3 rings (SSSR count). The van der Waals surface area contributed by atoms with Crippen molar-refractivity contribution in [2.24, 2.45) is 0 Å². The number of hydrogen-bond acceptors (Lipinski definition) is 6. The summed E-state index contributed by atoms with van der Waals surface area (Å²) >= 11 is 2.80. The van der Waals surface area contributed by atoms with E-state index in [1.807, 2.05) is 35.7 Å². The van der Waals surface area contributed by atoms with Crippen LogP contribution in [0.3, 0.4) is 0 Å². The van der Waals surface area contributed by atoms with Crippen LogP contribution in [0.4, 0.5) is 0 Å². The lowest BCUT2D eigenvalue weighted by molar-refractivity contribution is -0.133. The average molecular weight is 431 g/mol. The third-order valence-corrected chi connectivity index (χ3v) is 6.45. The zero-order valence-electron chi connectivity index (χ0n) is 16.4. The highest BCUT2D eigenvalue weighted by Crippen LogP contribution is 2.30. The van der Waals surface area contributed by atoms with Gasteiger partial charge in [-0.1, -0.05) is 30.3 Å². The minimum Gasteiger partial charge on any atom is -0.358 e. The Morgan fingerprint density at radius 1 is 1.31 bits per heavy atom. The molecule has 0 aliphatic heterocycles. The van der Waals surface area contributed by atoms with Gasteiger partial charge in [0.05, 0.1) is 22.9 Å². The summed E-state index contributed by atoms with van der Waals surface area (Å²) in [6, 6.07) is 9.74. The Labute approximate surface area is 176 Å². The van der Waals surface area contributed by atoms with E-state index in [0.717, 1.165) is 11.1 Å². The Kier molecular flexibility index (Phi) is 6.71. The molecule has 0 aliphatic rings. The third-order valence-electron chi connectivity index (χ3n) is 4.43. The normalized spacial score (nSPS) is 12.0. The molecule has 0 saturated heterocycles. The summed E-state index contributed by atoms with van der Waals surface area (Å²) in [5, 5.41) is 4.66. The topological polar surface area (TPSA) is 95.2 Å². The summed E-state index contributed by atoms with van der Waals surface area (Å²) < 4.78 is 0. The van der Waals surface area contributed by atoms with Gasteiger partial charge in [0.15, 0.2) is 0 Å². The second-order valence-corrected chi connectivity index (χ2v) is 8.72. The molecule has 2 N–H and O–H groups in total. The fourth-order valence-corrected chi connectivity index (χ4v) is 4.68. The molecule has 0 saturated carbocycles. The molecule has 9 heteroatoms.